The van der Waals surface area contributed by atoms with Gasteiger partial charge in [0, 0.05) is 67.1 Å². The van der Waals surface area contributed by atoms with Gasteiger partial charge in [0.1, 0.15) is 29.5 Å². The molecule has 0 saturated carbocycles. The quantitative estimate of drug-likeness (QED) is 0.0279. The van der Waals surface area contributed by atoms with E-state index in [0.717, 1.165) is 33.1 Å². The maximum absolute atomic E-state index is 16.0. The smallest absolute Gasteiger partial charge is 0.407 e. The van der Waals surface area contributed by atoms with Crippen molar-refractivity contribution in [3.8, 4) is 11.8 Å². The number of aliphatic hydroxyl groups excluding tert-OH is 1. The predicted molar refractivity (Wildman–Crippen MR) is 254 cm³/mol. The van der Waals surface area contributed by atoms with Crippen LogP contribution < -0.4 is 32.0 Å². The van der Waals surface area contributed by atoms with Crippen molar-refractivity contribution in [3.63, 3.8) is 0 Å². The summed E-state index contributed by atoms with van der Waals surface area (Å²) in [4.78, 5) is 62.1. The standard InChI is InChI=1S/C49H55F10N9O8/c1-45(2,48(54,55)56)38(64-43(72)74-5)40(70)63-35(15-28-10-7-27(8-11-28)9-12-29-13-14-37(61-19-29)67-23-47(24-67)25-76-26-47)36(69)22-68(66-41(71)39(65-44(73)75-6)46(3,4)49(57,58)59)21-32-33(50)16-30(17-34(32)51)31(18-60)20-62-42(52)53/h7-8,10-11,13-14,16-20,35-36,38-39,42,69H,15,21-26,60H2,1-6H3,(H,63,70)(H,64,72)(H,65,73)(H,66,71)/t35-,36-,38?,39+/m0/s1. The number of methoxy groups -OCH3 is 2. The molecule has 414 valence electrons. The Morgan fingerprint density at radius 2 is 1.38 bits per heavy atom. The Morgan fingerprint density at radius 1 is 0.855 bits per heavy atom. The van der Waals surface area contributed by atoms with E-state index in [0.29, 0.717) is 81.6 Å². The van der Waals surface area contributed by atoms with Gasteiger partial charge in [0.25, 0.3) is 5.91 Å². The monoisotopic (exact) mass is 1090 g/mol. The minimum absolute atomic E-state index is 0.170. The molecule has 2 aliphatic heterocycles. The lowest BCUT2D eigenvalue weighted by atomic mass is 9.78. The van der Waals surface area contributed by atoms with Crippen LogP contribution in [0.2, 0.25) is 0 Å². The zero-order chi connectivity index (χ0) is 56.6. The average molecular weight is 1090 g/mol. The van der Waals surface area contributed by atoms with Crippen LogP contribution in [0.15, 0.2) is 65.9 Å². The Hall–Kier alpha value is -7.18. The molecule has 2 saturated heterocycles. The van der Waals surface area contributed by atoms with E-state index in [1.165, 1.54) is 24.3 Å². The van der Waals surface area contributed by atoms with Gasteiger partial charge >= 0.3 is 31.1 Å². The number of hydrazine groups is 1. The van der Waals surface area contributed by atoms with Crippen LogP contribution in [0.25, 0.3) is 5.57 Å². The Balaban J connectivity index is 1.52. The number of aliphatic imine (C=N–C) groups is 1. The van der Waals surface area contributed by atoms with E-state index in [2.05, 4.69) is 41.5 Å². The number of ether oxygens (including phenoxy) is 3. The number of benzene rings is 2. The molecule has 2 fully saturated rings. The summed E-state index contributed by atoms with van der Waals surface area (Å²) in [5, 5.41) is 18.3. The van der Waals surface area contributed by atoms with Crippen molar-refractivity contribution in [1.82, 2.24) is 31.4 Å². The van der Waals surface area contributed by atoms with Crippen molar-refractivity contribution in [2.24, 2.45) is 27.0 Å². The van der Waals surface area contributed by atoms with Crippen molar-refractivity contribution >= 4 is 41.6 Å². The maximum Gasteiger partial charge on any atom is 0.407 e. The summed E-state index contributed by atoms with van der Waals surface area (Å²) in [5.41, 5.74) is 0.939. The number of nitrogens with one attached hydrogen (secondary N) is 4. The molecule has 17 nitrogen and oxygen atoms in total. The lowest BCUT2D eigenvalue weighted by molar-refractivity contribution is -0.221. The topological polar surface area (TPSA) is 222 Å². The number of anilines is 1. The van der Waals surface area contributed by atoms with Crippen LogP contribution in [-0.2, 0) is 36.8 Å². The molecule has 4 amide bonds. The number of hydrogen-bond donors (Lipinski definition) is 6. The summed E-state index contributed by atoms with van der Waals surface area (Å²) in [5.74, 6) is 0.513. The second kappa shape index (κ2) is 24.2. The molecule has 5 rings (SSSR count). The second-order valence-corrected chi connectivity index (χ2v) is 19.1. The first-order valence-corrected chi connectivity index (χ1v) is 22.9. The van der Waals surface area contributed by atoms with Gasteiger partial charge in [0.05, 0.1) is 55.8 Å². The van der Waals surface area contributed by atoms with Crippen molar-refractivity contribution in [1.29, 1.82) is 0 Å². The van der Waals surface area contributed by atoms with E-state index in [1.54, 1.807) is 17.6 Å². The summed E-state index contributed by atoms with van der Waals surface area (Å²) in [6, 6.07) is 3.96. The predicted octanol–water partition coefficient (Wildman–Crippen LogP) is 5.74. The third-order valence-electron chi connectivity index (χ3n) is 12.8. The van der Waals surface area contributed by atoms with Crippen LogP contribution in [0, 0.1) is 39.7 Å². The Bertz CT molecular complexity index is 2660. The molecular formula is C49H55F10N9O8. The maximum atomic E-state index is 16.0. The Kier molecular flexibility index (Phi) is 19.0. The third kappa shape index (κ3) is 14.6. The van der Waals surface area contributed by atoms with Crippen LogP contribution in [0.4, 0.5) is 59.3 Å². The Labute approximate surface area is 429 Å². The minimum Gasteiger partial charge on any atom is -0.453 e. The van der Waals surface area contributed by atoms with E-state index in [1.807, 2.05) is 16.8 Å². The fourth-order valence-corrected chi connectivity index (χ4v) is 7.83. The molecule has 0 aliphatic carbocycles. The number of aliphatic hydroxyl groups is 1. The lowest BCUT2D eigenvalue weighted by Gasteiger charge is -2.55. The number of carbonyl (C=O) groups is 4. The van der Waals surface area contributed by atoms with Crippen LogP contribution in [0.1, 0.15) is 55.5 Å². The fourth-order valence-electron chi connectivity index (χ4n) is 7.83. The number of alkyl carbamates (subject to hydrolysis) is 2. The number of pyridine rings is 1. The number of amides is 4. The molecule has 2 aliphatic rings. The molecular weight excluding hydrogens is 1030 g/mol. The highest BCUT2D eigenvalue weighted by atomic mass is 19.4. The molecule has 1 spiro atoms. The van der Waals surface area contributed by atoms with Gasteiger partial charge in [-0.25, -0.2) is 33.4 Å². The van der Waals surface area contributed by atoms with E-state index in [9.17, 15) is 59.4 Å². The first-order valence-electron chi connectivity index (χ1n) is 22.9. The van der Waals surface area contributed by atoms with Crippen LogP contribution in [0.3, 0.4) is 0 Å². The third-order valence-corrected chi connectivity index (χ3v) is 12.8. The highest BCUT2D eigenvalue weighted by molar-refractivity contribution is 6.09. The van der Waals surface area contributed by atoms with Gasteiger partial charge in [-0.05, 0) is 81.6 Å². The van der Waals surface area contributed by atoms with Crippen molar-refractivity contribution in [3.05, 3.63) is 100 Å². The number of rotatable bonds is 19. The largest absolute Gasteiger partial charge is 0.453 e. The number of allylic oxidation sites excluding steroid dienone is 1. The van der Waals surface area contributed by atoms with Gasteiger partial charge in [-0.2, -0.15) is 35.1 Å². The zero-order valence-electron chi connectivity index (χ0n) is 41.6. The normalized spacial score (nSPS) is 16.4. The molecule has 2 aromatic carbocycles. The van der Waals surface area contributed by atoms with E-state index in [4.69, 9.17) is 10.5 Å². The summed E-state index contributed by atoms with van der Waals surface area (Å²) in [6.07, 6.45) is -13.3. The molecule has 0 bridgehead atoms. The first-order chi connectivity index (χ1) is 35.4. The van der Waals surface area contributed by atoms with Crippen molar-refractivity contribution in [2.75, 3.05) is 52.0 Å². The summed E-state index contributed by atoms with van der Waals surface area (Å²) >= 11 is 0. The SMILES string of the molecule is COC(=O)NC(C(=O)N[C@@H](Cc1ccc(C#Cc2ccc(N3CC4(COC4)C3)nc2)cc1)[C@@H](O)CN(Cc1c(F)cc(C(C=NC(F)F)=CN)cc1F)NC(=O)[C@@H](NC(=O)OC)C(C)(C)C(F)(F)F)C(C)(C)C(F)(F)F. The number of nitrogens with zero attached hydrogens (tertiary/aromatic N) is 4. The number of hydrogen-bond acceptors (Lipinski definition) is 13. The molecule has 3 aromatic rings. The average Bonchev–Trinajstić information content (AvgIpc) is 3.31. The van der Waals surface area contributed by atoms with Gasteiger partial charge in [-0.1, -0.05) is 24.0 Å². The molecule has 1 unspecified atom stereocenters. The summed E-state index contributed by atoms with van der Waals surface area (Å²) in [6.45, 7) is -0.298. The van der Waals surface area contributed by atoms with Gasteiger partial charge in [-0.3, -0.25) is 15.0 Å². The summed E-state index contributed by atoms with van der Waals surface area (Å²) < 4.78 is 159. The van der Waals surface area contributed by atoms with E-state index in [-0.39, 0.29) is 11.0 Å². The van der Waals surface area contributed by atoms with Gasteiger partial charge in [0.2, 0.25) is 5.91 Å². The van der Waals surface area contributed by atoms with Gasteiger partial charge in [-0.15, -0.1) is 0 Å². The van der Waals surface area contributed by atoms with Crippen LogP contribution >= 0.6 is 0 Å². The van der Waals surface area contributed by atoms with Crippen molar-refractivity contribution < 1.29 is 82.4 Å². The van der Waals surface area contributed by atoms with E-state index < -0.39 is 126 Å². The summed E-state index contributed by atoms with van der Waals surface area (Å²) in [7, 11) is 1.58. The molecule has 27 heteroatoms. The highest BCUT2D eigenvalue weighted by Crippen LogP contribution is 2.42. The molecule has 1 aromatic heterocycles. The number of carbonyl (C=O) groups excluding carboxylic acids is 4. The number of aromatic nitrogens is 1. The van der Waals surface area contributed by atoms with Crippen molar-refractivity contribution in [2.45, 2.75) is 83.8 Å². The number of alkyl halides is 8. The second-order valence-electron chi connectivity index (χ2n) is 19.1. The van der Waals surface area contributed by atoms with Gasteiger partial charge < -0.3 is 45.9 Å². The lowest BCUT2D eigenvalue weighted by Crippen LogP contribution is -2.66. The molecule has 0 radical (unpaired) electrons. The molecule has 4 atom stereocenters. The van der Waals surface area contributed by atoms with Crippen LogP contribution in [-0.4, -0.2) is 136 Å². The molecule has 76 heavy (non-hydrogen) atoms. The Morgan fingerprint density at radius 3 is 1.84 bits per heavy atom. The van der Waals surface area contributed by atoms with Gasteiger partial charge in [0.15, 0.2) is 0 Å². The highest BCUT2D eigenvalue weighted by Gasteiger charge is 2.57. The number of halogens is 10. The molecule has 3 heterocycles. The van der Waals surface area contributed by atoms with Crippen LogP contribution in [0.5, 0.6) is 0 Å². The minimum atomic E-state index is -5.24. The fraction of sp³-hybridized carbons (Fsp3) is 0.469. The zero-order valence-corrected chi connectivity index (χ0v) is 41.6. The van der Waals surface area contributed by atoms with E-state index >= 15 is 8.78 Å². The first kappa shape index (κ1) is 59.7. The number of nitrogens with two attached hydrogens (primary N) is 1. The molecule has 7 N–H and O–H groups in total.